The van der Waals surface area contributed by atoms with Gasteiger partial charge in [0.05, 0.1) is 26.0 Å². The van der Waals surface area contributed by atoms with Crippen LogP contribution in [0.4, 0.5) is 5.69 Å². The highest BCUT2D eigenvalue weighted by atomic mass is 32.2. The molecule has 1 aliphatic heterocycles. The number of benzene rings is 2. The van der Waals surface area contributed by atoms with Crippen molar-refractivity contribution in [3.8, 4) is 0 Å². The largest absolute Gasteiger partial charge is 0.378 e. The predicted molar refractivity (Wildman–Crippen MR) is 118 cm³/mol. The zero-order chi connectivity index (χ0) is 21.6. The van der Waals surface area contributed by atoms with E-state index >= 15 is 0 Å². The molecule has 2 aromatic rings. The van der Waals surface area contributed by atoms with E-state index in [1.54, 1.807) is 0 Å². The molecule has 1 fully saturated rings. The maximum Gasteiger partial charge on any atom is 0.235 e. The summed E-state index contributed by atoms with van der Waals surface area (Å²) in [6, 6.07) is 15.6. The molecule has 0 radical (unpaired) electrons. The van der Waals surface area contributed by atoms with Crippen molar-refractivity contribution in [3.63, 3.8) is 0 Å². The number of carbonyl (C=O) groups excluding carboxylic acids is 1. The highest BCUT2D eigenvalue weighted by molar-refractivity contribution is 7.88. The van der Waals surface area contributed by atoms with Gasteiger partial charge in [-0.3, -0.25) is 4.79 Å². The Labute approximate surface area is 178 Å². The third-order valence-corrected chi connectivity index (χ3v) is 6.27. The average molecular weight is 432 g/mol. The van der Waals surface area contributed by atoms with Gasteiger partial charge in [0.25, 0.3) is 0 Å². The number of aryl methyl sites for hydroxylation is 1. The Kier molecular flexibility index (Phi) is 7.47. The Morgan fingerprint density at radius 1 is 1.03 bits per heavy atom. The van der Waals surface area contributed by atoms with Crippen LogP contribution in [0, 0.1) is 6.92 Å². The molecule has 0 bridgehead atoms. The number of hydrogen-bond donors (Lipinski definition) is 1. The van der Waals surface area contributed by atoms with Crippen molar-refractivity contribution in [2.45, 2.75) is 20.0 Å². The van der Waals surface area contributed by atoms with Crippen molar-refractivity contribution in [1.82, 2.24) is 9.62 Å². The number of sulfonamides is 1. The standard InChI is InChI=1S/C22H29N3O4S/c1-18-3-5-20(6-4-18)16-25(30(2,27)28)17-22(26)23-15-19-7-9-21(10-8-19)24-11-13-29-14-12-24/h3-10H,11-17H2,1-2H3,(H,23,26). The number of amides is 1. The van der Waals surface area contributed by atoms with Gasteiger partial charge in [-0.05, 0) is 30.2 Å². The van der Waals surface area contributed by atoms with E-state index in [1.165, 1.54) is 4.31 Å². The van der Waals surface area contributed by atoms with Gasteiger partial charge in [-0.2, -0.15) is 4.31 Å². The normalized spacial score (nSPS) is 14.7. The lowest BCUT2D eigenvalue weighted by Gasteiger charge is -2.28. The molecule has 8 heteroatoms. The summed E-state index contributed by atoms with van der Waals surface area (Å²) in [6.07, 6.45) is 1.12. The van der Waals surface area contributed by atoms with Crippen molar-refractivity contribution < 1.29 is 17.9 Å². The predicted octanol–water partition coefficient (Wildman–Crippen LogP) is 1.91. The maximum atomic E-state index is 12.4. The highest BCUT2D eigenvalue weighted by Crippen LogP contribution is 2.16. The Hall–Kier alpha value is -2.42. The lowest BCUT2D eigenvalue weighted by atomic mass is 10.1. The van der Waals surface area contributed by atoms with E-state index in [2.05, 4.69) is 10.2 Å². The van der Waals surface area contributed by atoms with E-state index in [4.69, 9.17) is 4.74 Å². The lowest BCUT2D eigenvalue weighted by Crippen LogP contribution is -2.39. The van der Waals surface area contributed by atoms with Crippen molar-refractivity contribution >= 4 is 21.6 Å². The van der Waals surface area contributed by atoms with Crippen LogP contribution in [-0.4, -0.2) is 57.7 Å². The van der Waals surface area contributed by atoms with Gasteiger partial charge in [0.1, 0.15) is 0 Å². The summed E-state index contributed by atoms with van der Waals surface area (Å²) in [7, 11) is -3.51. The minimum absolute atomic E-state index is 0.167. The Balaban J connectivity index is 1.54. The lowest BCUT2D eigenvalue weighted by molar-refractivity contribution is -0.121. The highest BCUT2D eigenvalue weighted by Gasteiger charge is 2.20. The fourth-order valence-electron chi connectivity index (χ4n) is 3.25. The van der Waals surface area contributed by atoms with Crippen LogP contribution in [0.3, 0.4) is 0 Å². The summed E-state index contributed by atoms with van der Waals surface area (Å²) in [4.78, 5) is 14.7. The van der Waals surface area contributed by atoms with Gasteiger partial charge in [0, 0.05) is 31.9 Å². The van der Waals surface area contributed by atoms with Crippen LogP contribution >= 0.6 is 0 Å². The van der Waals surface area contributed by atoms with E-state index in [9.17, 15) is 13.2 Å². The van der Waals surface area contributed by atoms with E-state index in [0.29, 0.717) is 6.54 Å². The van der Waals surface area contributed by atoms with E-state index in [1.807, 2.05) is 55.5 Å². The first kappa shape index (κ1) is 22.3. The molecule has 1 saturated heterocycles. The molecule has 0 aromatic heterocycles. The second kappa shape index (κ2) is 10.1. The number of hydrogen-bond acceptors (Lipinski definition) is 5. The molecule has 7 nitrogen and oxygen atoms in total. The van der Waals surface area contributed by atoms with Gasteiger partial charge in [0.15, 0.2) is 0 Å². The number of rotatable bonds is 8. The first-order chi connectivity index (χ1) is 14.3. The molecular formula is C22H29N3O4S. The summed E-state index contributed by atoms with van der Waals surface area (Å²) in [6.45, 7) is 5.49. The van der Waals surface area contributed by atoms with Crippen LogP contribution in [-0.2, 0) is 32.6 Å². The van der Waals surface area contributed by atoms with Crippen molar-refractivity contribution in [1.29, 1.82) is 0 Å². The number of nitrogens with one attached hydrogen (secondary N) is 1. The number of anilines is 1. The summed E-state index contributed by atoms with van der Waals surface area (Å²) in [5, 5.41) is 2.82. The van der Waals surface area contributed by atoms with Crippen LogP contribution in [0.15, 0.2) is 48.5 Å². The van der Waals surface area contributed by atoms with Gasteiger partial charge in [0.2, 0.25) is 15.9 Å². The number of ether oxygens (including phenoxy) is 1. The van der Waals surface area contributed by atoms with Crippen LogP contribution in [0.5, 0.6) is 0 Å². The van der Waals surface area contributed by atoms with Gasteiger partial charge in [-0.1, -0.05) is 42.0 Å². The van der Waals surface area contributed by atoms with E-state index < -0.39 is 10.0 Å². The minimum Gasteiger partial charge on any atom is -0.378 e. The minimum atomic E-state index is -3.51. The molecule has 30 heavy (non-hydrogen) atoms. The Bertz CT molecular complexity index is 937. The first-order valence-corrected chi connectivity index (χ1v) is 11.8. The topological polar surface area (TPSA) is 79.0 Å². The molecule has 0 atom stereocenters. The molecule has 1 heterocycles. The zero-order valence-corrected chi connectivity index (χ0v) is 18.3. The zero-order valence-electron chi connectivity index (χ0n) is 17.5. The summed E-state index contributed by atoms with van der Waals surface area (Å²) < 4.78 is 30.8. The molecule has 0 saturated carbocycles. The molecule has 0 spiro atoms. The Morgan fingerprint density at radius 2 is 1.63 bits per heavy atom. The smallest absolute Gasteiger partial charge is 0.235 e. The van der Waals surface area contributed by atoms with E-state index in [0.717, 1.165) is 54.9 Å². The van der Waals surface area contributed by atoms with Gasteiger partial charge in [-0.15, -0.1) is 0 Å². The summed E-state index contributed by atoms with van der Waals surface area (Å²) >= 11 is 0. The monoisotopic (exact) mass is 431 g/mol. The quantitative estimate of drug-likeness (QED) is 0.691. The maximum absolute atomic E-state index is 12.4. The van der Waals surface area contributed by atoms with E-state index in [-0.39, 0.29) is 19.0 Å². The van der Waals surface area contributed by atoms with Gasteiger partial charge < -0.3 is 15.0 Å². The SMILES string of the molecule is Cc1ccc(CN(CC(=O)NCc2ccc(N3CCOCC3)cc2)S(C)(=O)=O)cc1. The van der Waals surface area contributed by atoms with Crippen LogP contribution in [0.2, 0.25) is 0 Å². The van der Waals surface area contributed by atoms with Crippen LogP contribution < -0.4 is 10.2 Å². The second-order valence-corrected chi connectivity index (χ2v) is 9.54. The Morgan fingerprint density at radius 3 is 2.23 bits per heavy atom. The third kappa shape index (κ3) is 6.55. The molecular weight excluding hydrogens is 402 g/mol. The fraction of sp³-hybridized carbons (Fsp3) is 0.409. The summed E-state index contributed by atoms with van der Waals surface area (Å²) in [5.74, 6) is -0.329. The van der Waals surface area contributed by atoms with Crippen molar-refractivity contribution in [2.24, 2.45) is 0 Å². The number of carbonyl (C=O) groups is 1. The number of nitrogens with zero attached hydrogens (tertiary/aromatic N) is 2. The fourth-order valence-corrected chi connectivity index (χ4v) is 3.99. The summed E-state index contributed by atoms with van der Waals surface area (Å²) in [5.41, 5.74) is 4.04. The molecule has 0 unspecified atom stereocenters. The van der Waals surface area contributed by atoms with Crippen molar-refractivity contribution in [3.05, 3.63) is 65.2 Å². The van der Waals surface area contributed by atoms with Crippen LogP contribution in [0.1, 0.15) is 16.7 Å². The van der Waals surface area contributed by atoms with Gasteiger partial charge >= 0.3 is 0 Å². The molecule has 1 aliphatic rings. The molecule has 162 valence electrons. The molecule has 1 amide bonds. The van der Waals surface area contributed by atoms with Crippen LogP contribution in [0.25, 0.3) is 0 Å². The molecule has 0 aliphatic carbocycles. The number of morpholine rings is 1. The molecule has 3 rings (SSSR count). The third-order valence-electron chi connectivity index (χ3n) is 5.07. The second-order valence-electron chi connectivity index (χ2n) is 7.56. The molecule has 2 aromatic carbocycles. The first-order valence-electron chi connectivity index (χ1n) is 10.0. The average Bonchev–Trinajstić information content (AvgIpc) is 2.74. The molecule has 1 N–H and O–H groups in total. The van der Waals surface area contributed by atoms with Gasteiger partial charge in [-0.25, -0.2) is 8.42 Å². The van der Waals surface area contributed by atoms with Crippen molar-refractivity contribution in [2.75, 3.05) is 44.0 Å².